The third-order valence-electron chi connectivity index (χ3n) is 4.02. The van der Waals surface area contributed by atoms with Crippen LogP contribution in [0.2, 0.25) is 0 Å². The number of hydrogen-bond acceptors (Lipinski definition) is 5. The van der Waals surface area contributed by atoms with Gasteiger partial charge in [0.25, 0.3) is 0 Å². The minimum absolute atomic E-state index is 0.0784. The van der Waals surface area contributed by atoms with Gasteiger partial charge in [-0.05, 0) is 18.7 Å². The highest BCUT2D eigenvalue weighted by Gasteiger charge is 2.36. The molecule has 0 aliphatic carbocycles. The molecule has 1 aromatic rings. The van der Waals surface area contributed by atoms with Gasteiger partial charge in [0.1, 0.15) is 11.5 Å². The summed E-state index contributed by atoms with van der Waals surface area (Å²) in [5, 5.41) is 6.01. The predicted octanol–water partition coefficient (Wildman–Crippen LogP) is 0.782. The van der Waals surface area contributed by atoms with Crippen molar-refractivity contribution in [2.75, 3.05) is 45.3 Å². The first-order valence-corrected chi connectivity index (χ1v) is 8.11. The molecule has 1 fully saturated rings. The van der Waals surface area contributed by atoms with E-state index in [0.717, 1.165) is 13.1 Å². The second-order valence-corrected chi connectivity index (χ2v) is 5.59. The molecule has 2 N–H and O–H groups in total. The molecule has 1 unspecified atom stereocenters. The highest BCUT2D eigenvalue weighted by molar-refractivity contribution is 6.01. The Morgan fingerprint density at radius 2 is 2.08 bits per heavy atom. The van der Waals surface area contributed by atoms with E-state index in [1.807, 2.05) is 6.92 Å². The fourth-order valence-electron chi connectivity index (χ4n) is 2.72. The molecule has 1 aliphatic rings. The molecule has 1 aromatic carbocycles. The van der Waals surface area contributed by atoms with E-state index in [2.05, 4.69) is 10.6 Å². The predicted molar refractivity (Wildman–Crippen MR) is 91.6 cm³/mol. The summed E-state index contributed by atoms with van der Waals surface area (Å²) in [5.41, 5.74) is 0.659. The fraction of sp³-hybridized carbons (Fsp3) is 0.529. The van der Waals surface area contributed by atoms with E-state index < -0.39 is 0 Å². The number of hydrogen-bond donors (Lipinski definition) is 2. The van der Waals surface area contributed by atoms with Crippen molar-refractivity contribution in [2.24, 2.45) is 5.92 Å². The van der Waals surface area contributed by atoms with Crippen LogP contribution >= 0.6 is 0 Å². The number of rotatable bonds is 8. The molecule has 0 spiro atoms. The topological polar surface area (TPSA) is 79.9 Å². The van der Waals surface area contributed by atoms with Gasteiger partial charge in [-0.15, -0.1) is 0 Å². The number of carbonyl (C=O) groups is 2. The monoisotopic (exact) mass is 335 g/mol. The van der Waals surface area contributed by atoms with Crippen LogP contribution in [0.1, 0.15) is 13.3 Å². The number of nitrogens with one attached hydrogen (secondary N) is 2. The third-order valence-corrected chi connectivity index (χ3v) is 4.02. The zero-order chi connectivity index (χ0) is 17.5. The Bertz CT molecular complexity index is 591. The van der Waals surface area contributed by atoms with Gasteiger partial charge in [-0.25, -0.2) is 0 Å². The molecule has 2 amide bonds. The molecule has 0 aromatic heterocycles. The zero-order valence-electron chi connectivity index (χ0n) is 14.4. The van der Waals surface area contributed by atoms with Crippen molar-refractivity contribution >= 4 is 17.5 Å². The minimum Gasteiger partial charge on any atom is -0.497 e. The lowest BCUT2D eigenvalue weighted by molar-refractivity contribution is -0.126. The van der Waals surface area contributed by atoms with Crippen molar-refractivity contribution in [3.63, 3.8) is 0 Å². The average molecular weight is 335 g/mol. The van der Waals surface area contributed by atoms with Crippen LogP contribution in [0, 0.1) is 5.92 Å². The Kier molecular flexibility index (Phi) is 6.43. The zero-order valence-corrected chi connectivity index (χ0v) is 14.4. The van der Waals surface area contributed by atoms with Crippen molar-refractivity contribution in [3.05, 3.63) is 18.2 Å². The van der Waals surface area contributed by atoms with Gasteiger partial charge in [-0.2, -0.15) is 0 Å². The first kappa shape index (κ1) is 18.1. The van der Waals surface area contributed by atoms with Gasteiger partial charge in [-0.3, -0.25) is 9.59 Å². The maximum absolute atomic E-state index is 12.3. The number of anilines is 1. The summed E-state index contributed by atoms with van der Waals surface area (Å²) in [6.07, 6.45) is 0.211. The van der Waals surface area contributed by atoms with Crippen molar-refractivity contribution in [1.29, 1.82) is 0 Å². The van der Waals surface area contributed by atoms with Gasteiger partial charge in [0.05, 0.1) is 25.8 Å². The lowest BCUT2D eigenvalue weighted by atomic mass is 10.1. The van der Waals surface area contributed by atoms with Gasteiger partial charge in [-0.1, -0.05) is 6.92 Å². The quantitative estimate of drug-likeness (QED) is 0.687. The van der Waals surface area contributed by atoms with Crippen LogP contribution in [0.5, 0.6) is 11.5 Å². The van der Waals surface area contributed by atoms with Gasteiger partial charge < -0.3 is 25.0 Å². The molecular formula is C17H25N3O4. The van der Waals surface area contributed by atoms with Crippen LogP contribution in [0.3, 0.4) is 0 Å². The average Bonchev–Trinajstić information content (AvgIpc) is 2.99. The lowest BCUT2D eigenvalue weighted by Crippen LogP contribution is -2.37. The SMILES string of the molecule is CCNCCNC(=O)C1CC(=O)N(c2ccc(OC)cc2OC)C1. The molecule has 0 saturated carbocycles. The number of amides is 2. The molecule has 1 heterocycles. The Labute approximate surface area is 142 Å². The molecule has 0 bridgehead atoms. The summed E-state index contributed by atoms with van der Waals surface area (Å²) in [4.78, 5) is 26.2. The lowest BCUT2D eigenvalue weighted by Gasteiger charge is -2.20. The number of carbonyl (C=O) groups excluding carboxylic acids is 2. The molecule has 1 aliphatic heterocycles. The Morgan fingerprint density at radius 3 is 2.75 bits per heavy atom. The number of likely N-dealkylation sites (N-methyl/N-ethyl adjacent to an activating group) is 1. The fourth-order valence-corrected chi connectivity index (χ4v) is 2.72. The van der Waals surface area contributed by atoms with E-state index in [4.69, 9.17) is 9.47 Å². The summed E-state index contributed by atoms with van der Waals surface area (Å²) >= 11 is 0. The molecule has 1 saturated heterocycles. The standard InChI is InChI=1S/C17H25N3O4/c1-4-18-7-8-19-17(22)12-9-16(21)20(11-12)14-6-5-13(23-2)10-15(14)24-3/h5-6,10,12,18H,4,7-9,11H2,1-3H3,(H,19,22). The first-order valence-electron chi connectivity index (χ1n) is 8.11. The number of benzene rings is 1. The van der Waals surface area contributed by atoms with Crippen molar-refractivity contribution < 1.29 is 19.1 Å². The molecular weight excluding hydrogens is 310 g/mol. The summed E-state index contributed by atoms with van der Waals surface area (Å²) in [5.74, 6) is 0.698. The Hall–Kier alpha value is -2.28. The smallest absolute Gasteiger partial charge is 0.227 e. The van der Waals surface area contributed by atoms with Gasteiger partial charge in [0.2, 0.25) is 11.8 Å². The highest BCUT2D eigenvalue weighted by atomic mass is 16.5. The Balaban J connectivity index is 2.03. The van der Waals surface area contributed by atoms with Crippen LogP contribution < -0.4 is 25.0 Å². The van der Waals surface area contributed by atoms with Gasteiger partial charge >= 0.3 is 0 Å². The van der Waals surface area contributed by atoms with Crippen molar-refractivity contribution in [1.82, 2.24) is 10.6 Å². The number of methoxy groups -OCH3 is 2. The maximum Gasteiger partial charge on any atom is 0.227 e. The van der Waals surface area contributed by atoms with E-state index in [1.165, 1.54) is 0 Å². The van der Waals surface area contributed by atoms with Crippen molar-refractivity contribution in [3.8, 4) is 11.5 Å². The van der Waals surface area contributed by atoms with Crippen LogP contribution in [0.25, 0.3) is 0 Å². The maximum atomic E-state index is 12.3. The summed E-state index contributed by atoms with van der Waals surface area (Å²) in [6.45, 7) is 4.51. The van der Waals surface area contributed by atoms with E-state index in [-0.39, 0.29) is 24.2 Å². The normalized spacial score (nSPS) is 17.0. The molecule has 132 valence electrons. The van der Waals surface area contributed by atoms with E-state index >= 15 is 0 Å². The second kappa shape index (κ2) is 8.54. The molecule has 7 nitrogen and oxygen atoms in total. The van der Waals surface area contributed by atoms with Crippen molar-refractivity contribution in [2.45, 2.75) is 13.3 Å². The van der Waals surface area contributed by atoms with E-state index in [9.17, 15) is 9.59 Å². The van der Waals surface area contributed by atoms with E-state index in [1.54, 1.807) is 37.3 Å². The molecule has 1 atom stereocenters. The van der Waals surface area contributed by atoms with E-state index in [0.29, 0.717) is 30.3 Å². The summed E-state index contributed by atoms with van der Waals surface area (Å²) in [6, 6.07) is 5.28. The largest absolute Gasteiger partial charge is 0.497 e. The van der Waals surface area contributed by atoms with Crippen LogP contribution in [-0.2, 0) is 9.59 Å². The second-order valence-electron chi connectivity index (χ2n) is 5.59. The highest BCUT2D eigenvalue weighted by Crippen LogP contribution is 2.35. The van der Waals surface area contributed by atoms with Crippen LogP contribution in [0.4, 0.5) is 5.69 Å². The van der Waals surface area contributed by atoms with Crippen LogP contribution in [-0.4, -0.2) is 52.2 Å². The van der Waals surface area contributed by atoms with Gasteiger partial charge in [0.15, 0.2) is 0 Å². The Morgan fingerprint density at radius 1 is 1.29 bits per heavy atom. The molecule has 0 radical (unpaired) electrons. The summed E-state index contributed by atoms with van der Waals surface area (Å²) in [7, 11) is 3.12. The van der Waals surface area contributed by atoms with Crippen LogP contribution in [0.15, 0.2) is 18.2 Å². The molecule has 7 heteroatoms. The molecule has 2 rings (SSSR count). The number of nitrogens with zero attached hydrogens (tertiary/aromatic N) is 1. The molecule has 24 heavy (non-hydrogen) atoms. The summed E-state index contributed by atoms with van der Waals surface area (Å²) < 4.78 is 10.5. The van der Waals surface area contributed by atoms with Gasteiger partial charge in [0, 0.05) is 32.1 Å². The first-order chi connectivity index (χ1) is 11.6. The minimum atomic E-state index is -0.342. The third kappa shape index (κ3) is 4.17. The number of ether oxygens (including phenoxy) is 2.